The molecular formula is C7H4Na2O7S2. The van der Waals surface area contributed by atoms with Gasteiger partial charge in [-0.1, -0.05) is 0 Å². The van der Waals surface area contributed by atoms with Gasteiger partial charge in [0.2, 0.25) is 0 Å². The smallest absolute Gasteiger partial charge is 0.744 e. The van der Waals surface area contributed by atoms with E-state index >= 15 is 0 Å². The topological polar surface area (TPSA) is 131 Å². The summed E-state index contributed by atoms with van der Waals surface area (Å²) in [6.07, 6.45) is 0.0754. The van der Waals surface area contributed by atoms with Gasteiger partial charge >= 0.3 is 59.1 Å². The van der Waals surface area contributed by atoms with Crippen LogP contribution in [0, 0.1) is 0 Å². The third kappa shape index (κ3) is 5.37. The fourth-order valence-corrected chi connectivity index (χ4v) is 2.23. The van der Waals surface area contributed by atoms with Crippen LogP contribution in [0.2, 0.25) is 0 Å². The van der Waals surface area contributed by atoms with Crippen LogP contribution in [0.25, 0.3) is 0 Å². The van der Waals surface area contributed by atoms with Crippen LogP contribution in [0.5, 0.6) is 0 Å². The molecule has 0 N–H and O–H groups in total. The zero-order chi connectivity index (χ0) is 12.6. The zero-order valence-electron chi connectivity index (χ0n) is 9.48. The summed E-state index contributed by atoms with van der Waals surface area (Å²) in [4.78, 5) is 8.49. The van der Waals surface area contributed by atoms with Gasteiger partial charge in [-0.25, -0.2) is 16.8 Å². The van der Waals surface area contributed by atoms with E-state index in [2.05, 4.69) is 0 Å². The van der Waals surface area contributed by atoms with Crippen LogP contribution in [-0.4, -0.2) is 32.2 Å². The Morgan fingerprint density at radius 3 is 1.78 bits per heavy atom. The maximum absolute atomic E-state index is 10.7. The Morgan fingerprint density at radius 1 is 0.944 bits per heavy atom. The molecule has 0 saturated carbocycles. The average Bonchev–Trinajstić information content (AvgIpc) is 2.14. The Bertz CT molecular complexity index is 636. The van der Waals surface area contributed by atoms with E-state index in [-0.39, 0.29) is 65.4 Å². The monoisotopic (exact) mass is 310 g/mol. The Kier molecular flexibility index (Phi) is 8.73. The van der Waals surface area contributed by atoms with Gasteiger partial charge in [-0.05, 0) is 18.2 Å². The van der Waals surface area contributed by atoms with E-state index in [9.17, 15) is 30.7 Å². The van der Waals surface area contributed by atoms with Crippen molar-refractivity contribution in [1.82, 2.24) is 0 Å². The Hall–Kier alpha value is 0.710. The van der Waals surface area contributed by atoms with Crippen molar-refractivity contribution < 1.29 is 89.9 Å². The predicted octanol–water partition coefficient (Wildman–Crippen LogP) is -6.68. The molecule has 1 aromatic rings. The molecule has 1 aromatic carbocycles. The van der Waals surface area contributed by atoms with Crippen LogP contribution < -0.4 is 59.1 Å². The third-order valence-electron chi connectivity index (χ3n) is 1.67. The van der Waals surface area contributed by atoms with Crippen molar-refractivity contribution >= 4 is 26.5 Å². The van der Waals surface area contributed by atoms with Crippen molar-refractivity contribution in [3.8, 4) is 0 Å². The number of benzene rings is 1. The zero-order valence-corrected chi connectivity index (χ0v) is 15.1. The number of aldehydes is 1. The SMILES string of the molecule is O=Cc1ccc(S(=O)(=O)[O-])cc1S(=O)(=O)[O-].[Na+].[Na+]. The summed E-state index contributed by atoms with van der Waals surface area (Å²) in [6, 6.07) is 1.90. The summed E-state index contributed by atoms with van der Waals surface area (Å²) in [5.41, 5.74) is -0.498. The second-order valence-corrected chi connectivity index (χ2v) is 5.45. The van der Waals surface area contributed by atoms with Gasteiger partial charge in [0.1, 0.15) is 20.2 Å². The molecule has 0 atom stereocenters. The molecule has 0 bridgehead atoms. The number of hydrogen-bond donors (Lipinski definition) is 0. The van der Waals surface area contributed by atoms with Gasteiger partial charge in [0.05, 0.1) is 9.79 Å². The van der Waals surface area contributed by atoms with E-state index in [0.717, 1.165) is 12.1 Å². The number of carbonyl (C=O) groups is 1. The normalized spacial score (nSPS) is 11.0. The van der Waals surface area contributed by atoms with Crippen LogP contribution in [-0.2, 0) is 20.2 Å². The van der Waals surface area contributed by atoms with Crippen molar-refractivity contribution in [3.63, 3.8) is 0 Å². The Labute approximate surface area is 148 Å². The van der Waals surface area contributed by atoms with Crippen LogP contribution in [0.4, 0.5) is 0 Å². The molecule has 0 saturated heterocycles. The molecule has 11 heteroatoms. The second-order valence-electron chi connectivity index (χ2n) is 2.73. The van der Waals surface area contributed by atoms with Crippen molar-refractivity contribution in [2.45, 2.75) is 9.79 Å². The molecule has 0 radical (unpaired) electrons. The van der Waals surface area contributed by atoms with Crippen molar-refractivity contribution in [2.75, 3.05) is 0 Å². The number of carbonyl (C=O) groups excluding carboxylic acids is 1. The van der Waals surface area contributed by atoms with Gasteiger partial charge in [-0.3, -0.25) is 4.79 Å². The van der Waals surface area contributed by atoms with Gasteiger partial charge < -0.3 is 9.11 Å². The molecule has 1 rings (SSSR count). The predicted molar refractivity (Wildman–Crippen MR) is 47.8 cm³/mol. The van der Waals surface area contributed by atoms with Gasteiger partial charge in [0.25, 0.3) is 0 Å². The van der Waals surface area contributed by atoms with Gasteiger partial charge in [-0.2, -0.15) is 0 Å². The summed E-state index contributed by atoms with van der Waals surface area (Å²) in [7, 11) is -9.89. The molecule has 0 aromatic heterocycles. The van der Waals surface area contributed by atoms with E-state index < -0.39 is 35.6 Å². The summed E-state index contributed by atoms with van der Waals surface area (Å²) >= 11 is 0. The fourth-order valence-electron chi connectivity index (χ4n) is 0.984. The maximum atomic E-state index is 10.7. The quantitative estimate of drug-likeness (QED) is 0.308. The fraction of sp³-hybridized carbons (Fsp3) is 0. The molecule has 0 spiro atoms. The molecule has 0 fully saturated rings. The summed E-state index contributed by atoms with van der Waals surface area (Å²) in [6.45, 7) is 0. The first-order valence-corrected chi connectivity index (χ1v) is 6.49. The summed E-state index contributed by atoms with van der Waals surface area (Å²) in [5.74, 6) is 0. The summed E-state index contributed by atoms with van der Waals surface area (Å²) < 4.78 is 63.8. The Balaban J connectivity index is 0. The van der Waals surface area contributed by atoms with Crippen LogP contribution in [0.1, 0.15) is 10.4 Å². The standard InChI is InChI=1S/C7H6O7S2.2Na/c8-4-5-1-2-6(15(9,10)11)3-7(5)16(12,13)14;;/h1-4H,(H,9,10,11)(H,12,13,14);;/q;2*+1/p-2. The Morgan fingerprint density at radius 2 is 1.44 bits per heavy atom. The molecule has 88 valence electrons. The van der Waals surface area contributed by atoms with E-state index in [0.29, 0.717) is 6.07 Å². The molecule has 0 aliphatic carbocycles. The molecular weight excluding hydrogens is 306 g/mol. The minimum absolute atomic E-state index is 0. The minimum atomic E-state index is -5.01. The van der Waals surface area contributed by atoms with E-state index in [1.165, 1.54) is 0 Å². The van der Waals surface area contributed by atoms with Crippen molar-refractivity contribution in [1.29, 1.82) is 0 Å². The molecule has 0 heterocycles. The maximum Gasteiger partial charge on any atom is 1.00 e. The molecule has 0 amide bonds. The first kappa shape index (κ1) is 21.0. The first-order chi connectivity index (χ1) is 7.16. The van der Waals surface area contributed by atoms with Gasteiger partial charge in [0.15, 0.2) is 6.29 Å². The number of rotatable bonds is 3. The molecule has 18 heavy (non-hydrogen) atoms. The average molecular weight is 310 g/mol. The van der Waals surface area contributed by atoms with Crippen molar-refractivity contribution in [3.05, 3.63) is 23.8 Å². The van der Waals surface area contributed by atoms with Crippen LogP contribution in [0.3, 0.4) is 0 Å². The second kappa shape index (κ2) is 7.48. The van der Waals surface area contributed by atoms with Gasteiger partial charge in [-0.15, -0.1) is 0 Å². The minimum Gasteiger partial charge on any atom is -0.744 e. The summed E-state index contributed by atoms with van der Waals surface area (Å²) in [5, 5.41) is 0. The molecule has 0 unspecified atom stereocenters. The van der Waals surface area contributed by atoms with Crippen LogP contribution in [0.15, 0.2) is 28.0 Å². The first-order valence-electron chi connectivity index (χ1n) is 3.67. The molecule has 0 aliphatic rings. The molecule has 7 nitrogen and oxygen atoms in total. The third-order valence-corrected chi connectivity index (χ3v) is 3.39. The van der Waals surface area contributed by atoms with E-state index in [1.807, 2.05) is 0 Å². The largest absolute Gasteiger partial charge is 1.00 e. The van der Waals surface area contributed by atoms with E-state index in [1.54, 1.807) is 0 Å². The van der Waals surface area contributed by atoms with Crippen molar-refractivity contribution in [2.24, 2.45) is 0 Å². The van der Waals surface area contributed by atoms with Crippen LogP contribution >= 0.6 is 0 Å². The number of hydrogen-bond acceptors (Lipinski definition) is 7. The van der Waals surface area contributed by atoms with E-state index in [4.69, 9.17) is 0 Å². The van der Waals surface area contributed by atoms with Gasteiger partial charge in [0, 0.05) is 5.56 Å². The molecule has 0 aliphatic heterocycles.